The maximum atomic E-state index is 11.3. The van der Waals surface area contributed by atoms with Gasteiger partial charge in [0.2, 0.25) is 11.8 Å². The summed E-state index contributed by atoms with van der Waals surface area (Å²) in [6, 6.07) is 1.74. The van der Waals surface area contributed by atoms with Gasteiger partial charge in [0.1, 0.15) is 6.54 Å². The molecule has 0 N–H and O–H groups in total. The van der Waals surface area contributed by atoms with Gasteiger partial charge in [0.15, 0.2) is 0 Å². The molecule has 0 aromatic carbocycles. The van der Waals surface area contributed by atoms with Crippen LogP contribution in [0.4, 0.5) is 5.95 Å². The van der Waals surface area contributed by atoms with Crippen LogP contribution in [0.1, 0.15) is 13.8 Å². The SMILES string of the molecule is COC(=O)CN(c1nccc(OC)n1)C(C)C. The fourth-order valence-corrected chi connectivity index (χ4v) is 1.27. The van der Waals surface area contributed by atoms with Crippen molar-refractivity contribution in [2.75, 3.05) is 25.7 Å². The molecule has 0 aliphatic carbocycles. The number of carbonyl (C=O) groups is 1. The second-order valence-corrected chi connectivity index (χ2v) is 3.70. The van der Waals surface area contributed by atoms with Crippen molar-refractivity contribution in [2.24, 2.45) is 0 Å². The molecule has 0 saturated heterocycles. The normalized spacial score (nSPS) is 10.2. The zero-order valence-electron chi connectivity index (χ0n) is 10.5. The van der Waals surface area contributed by atoms with Crippen molar-refractivity contribution in [3.05, 3.63) is 12.3 Å². The van der Waals surface area contributed by atoms with Gasteiger partial charge in [-0.15, -0.1) is 0 Å². The van der Waals surface area contributed by atoms with Crippen LogP contribution in [0.25, 0.3) is 0 Å². The summed E-state index contributed by atoms with van der Waals surface area (Å²) in [5.41, 5.74) is 0. The molecule has 0 fully saturated rings. The predicted octanol–water partition coefficient (Wildman–Crippen LogP) is 0.873. The highest BCUT2D eigenvalue weighted by Crippen LogP contribution is 2.14. The van der Waals surface area contributed by atoms with E-state index >= 15 is 0 Å². The Labute approximate surface area is 101 Å². The molecule has 0 bridgehead atoms. The average molecular weight is 239 g/mol. The van der Waals surface area contributed by atoms with Crippen LogP contribution in [0, 0.1) is 0 Å². The lowest BCUT2D eigenvalue weighted by atomic mass is 10.3. The number of hydrogen-bond donors (Lipinski definition) is 0. The molecule has 0 aliphatic heterocycles. The monoisotopic (exact) mass is 239 g/mol. The molecule has 0 atom stereocenters. The Bertz CT molecular complexity index is 382. The van der Waals surface area contributed by atoms with Crippen molar-refractivity contribution >= 4 is 11.9 Å². The fraction of sp³-hybridized carbons (Fsp3) is 0.545. The van der Waals surface area contributed by atoms with E-state index in [4.69, 9.17) is 4.74 Å². The first-order chi connectivity index (χ1) is 8.08. The summed E-state index contributed by atoms with van der Waals surface area (Å²) >= 11 is 0. The van der Waals surface area contributed by atoms with E-state index in [0.29, 0.717) is 11.8 Å². The summed E-state index contributed by atoms with van der Waals surface area (Å²) in [7, 11) is 2.89. The summed E-state index contributed by atoms with van der Waals surface area (Å²) in [5, 5.41) is 0. The summed E-state index contributed by atoms with van der Waals surface area (Å²) in [6.07, 6.45) is 1.59. The van der Waals surface area contributed by atoms with Gasteiger partial charge < -0.3 is 14.4 Å². The van der Waals surface area contributed by atoms with Crippen molar-refractivity contribution in [1.82, 2.24) is 9.97 Å². The van der Waals surface area contributed by atoms with E-state index in [9.17, 15) is 4.79 Å². The molecule has 17 heavy (non-hydrogen) atoms. The molecule has 1 aromatic rings. The van der Waals surface area contributed by atoms with Crippen molar-refractivity contribution in [1.29, 1.82) is 0 Å². The molecule has 0 saturated carbocycles. The zero-order valence-corrected chi connectivity index (χ0v) is 10.5. The fourth-order valence-electron chi connectivity index (χ4n) is 1.27. The van der Waals surface area contributed by atoms with E-state index in [1.54, 1.807) is 17.2 Å². The molecular formula is C11H17N3O3. The lowest BCUT2D eigenvalue weighted by molar-refractivity contribution is -0.139. The molecule has 1 heterocycles. The van der Waals surface area contributed by atoms with Crippen LogP contribution in [0.5, 0.6) is 5.88 Å². The average Bonchev–Trinajstić information content (AvgIpc) is 2.35. The summed E-state index contributed by atoms with van der Waals surface area (Å²) in [4.78, 5) is 21.4. The minimum atomic E-state index is -0.329. The highest BCUT2D eigenvalue weighted by Gasteiger charge is 2.18. The molecule has 94 valence electrons. The standard InChI is InChI=1S/C11H17N3O3/c1-8(2)14(7-10(15)17-4)11-12-6-5-9(13-11)16-3/h5-6,8H,7H2,1-4H3. The highest BCUT2D eigenvalue weighted by molar-refractivity contribution is 5.74. The third-order valence-corrected chi connectivity index (χ3v) is 2.23. The number of esters is 1. The van der Waals surface area contributed by atoms with Crippen molar-refractivity contribution in [2.45, 2.75) is 19.9 Å². The smallest absolute Gasteiger partial charge is 0.325 e. The van der Waals surface area contributed by atoms with Gasteiger partial charge in [0, 0.05) is 18.3 Å². The topological polar surface area (TPSA) is 64.5 Å². The molecule has 6 nitrogen and oxygen atoms in total. The summed E-state index contributed by atoms with van der Waals surface area (Å²) in [6.45, 7) is 4.01. The number of hydrogen-bond acceptors (Lipinski definition) is 6. The number of carbonyl (C=O) groups excluding carboxylic acids is 1. The largest absolute Gasteiger partial charge is 0.481 e. The Morgan fingerprint density at radius 3 is 2.71 bits per heavy atom. The lowest BCUT2D eigenvalue weighted by Gasteiger charge is -2.25. The number of nitrogens with zero attached hydrogens (tertiary/aromatic N) is 3. The van der Waals surface area contributed by atoms with Gasteiger partial charge in [-0.3, -0.25) is 4.79 Å². The van der Waals surface area contributed by atoms with E-state index < -0.39 is 0 Å². The number of methoxy groups -OCH3 is 2. The van der Waals surface area contributed by atoms with Gasteiger partial charge in [0.25, 0.3) is 0 Å². The number of rotatable bonds is 5. The van der Waals surface area contributed by atoms with Gasteiger partial charge in [-0.2, -0.15) is 4.98 Å². The minimum absolute atomic E-state index is 0.0845. The summed E-state index contributed by atoms with van der Waals surface area (Å²) < 4.78 is 9.66. The number of anilines is 1. The van der Waals surface area contributed by atoms with E-state index in [0.717, 1.165) is 0 Å². The van der Waals surface area contributed by atoms with Gasteiger partial charge in [-0.05, 0) is 13.8 Å². The Kier molecular flexibility index (Phi) is 4.68. The van der Waals surface area contributed by atoms with Crippen LogP contribution < -0.4 is 9.64 Å². The van der Waals surface area contributed by atoms with E-state index in [2.05, 4.69) is 14.7 Å². The Morgan fingerprint density at radius 2 is 2.18 bits per heavy atom. The molecule has 0 radical (unpaired) electrons. The molecule has 0 spiro atoms. The third-order valence-electron chi connectivity index (χ3n) is 2.23. The van der Waals surface area contributed by atoms with Gasteiger partial charge in [0.05, 0.1) is 14.2 Å². The van der Waals surface area contributed by atoms with E-state index in [-0.39, 0.29) is 18.6 Å². The van der Waals surface area contributed by atoms with Crippen LogP contribution >= 0.6 is 0 Å². The second-order valence-electron chi connectivity index (χ2n) is 3.70. The first kappa shape index (κ1) is 13.2. The maximum Gasteiger partial charge on any atom is 0.325 e. The van der Waals surface area contributed by atoms with Crippen molar-refractivity contribution < 1.29 is 14.3 Å². The first-order valence-electron chi connectivity index (χ1n) is 5.29. The quantitative estimate of drug-likeness (QED) is 0.710. The van der Waals surface area contributed by atoms with Crippen LogP contribution in [0.3, 0.4) is 0 Å². The van der Waals surface area contributed by atoms with Crippen molar-refractivity contribution in [3.8, 4) is 5.88 Å². The molecule has 6 heteroatoms. The third kappa shape index (κ3) is 3.58. The van der Waals surface area contributed by atoms with Crippen LogP contribution in [0.2, 0.25) is 0 Å². The van der Waals surface area contributed by atoms with Gasteiger partial charge in [-0.25, -0.2) is 4.98 Å². The van der Waals surface area contributed by atoms with Crippen LogP contribution in [-0.2, 0) is 9.53 Å². The molecule has 1 rings (SSSR count). The molecule has 0 aliphatic rings. The Balaban J connectivity index is 2.92. The second kappa shape index (κ2) is 6.03. The predicted molar refractivity (Wildman–Crippen MR) is 63.1 cm³/mol. The summed E-state index contributed by atoms with van der Waals surface area (Å²) in [5.74, 6) is 0.584. The highest BCUT2D eigenvalue weighted by atomic mass is 16.5. The molecule has 1 aromatic heterocycles. The zero-order chi connectivity index (χ0) is 12.8. The number of ether oxygens (including phenoxy) is 2. The number of aromatic nitrogens is 2. The Hall–Kier alpha value is -1.85. The molecule has 0 unspecified atom stereocenters. The minimum Gasteiger partial charge on any atom is -0.481 e. The Morgan fingerprint density at radius 1 is 1.47 bits per heavy atom. The van der Waals surface area contributed by atoms with Crippen LogP contribution in [0.15, 0.2) is 12.3 Å². The maximum absolute atomic E-state index is 11.3. The van der Waals surface area contributed by atoms with Gasteiger partial charge in [-0.1, -0.05) is 0 Å². The van der Waals surface area contributed by atoms with Crippen LogP contribution in [-0.4, -0.2) is 42.7 Å². The van der Waals surface area contributed by atoms with E-state index in [1.165, 1.54) is 14.2 Å². The molecule has 0 amide bonds. The first-order valence-corrected chi connectivity index (χ1v) is 5.29. The van der Waals surface area contributed by atoms with E-state index in [1.807, 2.05) is 13.8 Å². The van der Waals surface area contributed by atoms with Crippen molar-refractivity contribution in [3.63, 3.8) is 0 Å². The molecular weight excluding hydrogens is 222 g/mol. The van der Waals surface area contributed by atoms with Gasteiger partial charge >= 0.3 is 5.97 Å². The lowest BCUT2D eigenvalue weighted by Crippen LogP contribution is -2.37.